The summed E-state index contributed by atoms with van der Waals surface area (Å²) in [6.07, 6.45) is 0. The number of carbonyl (C=O) groups excluding carboxylic acids is 2. The molecule has 0 fully saturated rings. The van der Waals surface area contributed by atoms with Crippen LogP contribution < -0.4 is 20.1 Å². The predicted octanol–water partition coefficient (Wildman–Crippen LogP) is 3.74. The van der Waals surface area contributed by atoms with Gasteiger partial charge in [-0.15, -0.1) is 0 Å². The van der Waals surface area contributed by atoms with Crippen LogP contribution in [-0.2, 0) is 4.79 Å². The van der Waals surface area contributed by atoms with Crippen molar-refractivity contribution in [1.29, 1.82) is 0 Å². The molecule has 0 aliphatic carbocycles. The van der Waals surface area contributed by atoms with Gasteiger partial charge in [0.1, 0.15) is 11.5 Å². The van der Waals surface area contributed by atoms with E-state index in [1.165, 1.54) is 6.92 Å². The largest absolute Gasteiger partial charge is 0.494 e. The molecule has 2 N–H and O–H groups in total. The number of amides is 1. The fourth-order valence-electron chi connectivity index (χ4n) is 2.45. The molecule has 2 rings (SSSR count). The highest BCUT2D eigenvalue weighted by Crippen LogP contribution is 2.29. The molecule has 0 aromatic heterocycles. The highest BCUT2D eigenvalue weighted by atomic mass is 16.5. The van der Waals surface area contributed by atoms with Gasteiger partial charge in [-0.05, 0) is 45.0 Å². The summed E-state index contributed by atoms with van der Waals surface area (Å²) in [5, 5.41) is 5.82. The van der Waals surface area contributed by atoms with E-state index in [1.807, 2.05) is 19.9 Å². The number of anilines is 2. The number of benzene rings is 2. The summed E-state index contributed by atoms with van der Waals surface area (Å²) >= 11 is 0. The van der Waals surface area contributed by atoms with Crippen LogP contribution in [0.3, 0.4) is 0 Å². The zero-order chi connectivity index (χ0) is 18.9. The summed E-state index contributed by atoms with van der Waals surface area (Å²) in [6.45, 7) is 6.37. The second-order valence-corrected chi connectivity index (χ2v) is 5.53. The molecule has 1 amide bonds. The van der Waals surface area contributed by atoms with Gasteiger partial charge in [-0.1, -0.05) is 12.1 Å². The van der Waals surface area contributed by atoms with Crippen LogP contribution in [0.4, 0.5) is 11.4 Å². The van der Waals surface area contributed by atoms with E-state index < -0.39 is 0 Å². The highest BCUT2D eigenvalue weighted by Gasteiger charge is 2.11. The van der Waals surface area contributed by atoms with Gasteiger partial charge in [0.05, 0.1) is 31.1 Å². The van der Waals surface area contributed by atoms with Crippen LogP contribution >= 0.6 is 0 Å². The zero-order valence-electron chi connectivity index (χ0n) is 15.3. The van der Waals surface area contributed by atoms with Gasteiger partial charge < -0.3 is 20.1 Å². The predicted molar refractivity (Wildman–Crippen MR) is 102 cm³/mol. The number of ether oxygens (including phenoxy) is 2. The summed E-state index contributed by atoms with van der Waals surface area (Å²) in [7, 11) is 0. The molecule has 2 aromatic carbocycles. The van der Waals surface area contributed by atoms with Crippen molar-refractivity contribution < 1.29 is 19.1 Å². The van der Waals surface area contributed by atoms with Crippen molar-refractivity contribution in [1.82, 2.24) is 0 Å². The fraction of sp³-hybridized carbons (Fsp3) is 0.300. The van der Waals surface area contributed by atoms with Crippen molar-refractivity contribution in [3.8, 4) is 11.5 Å². The first kappa shape index (κ1) is 19.3. The second kappa shape index (κ2) is 9.46. The van der Waals surface area contributed by atoms with Crippen LogP contribution in [0, 0.1) is 0 Å². The number of rotatable bonds is 9. The third-order valence-electron chi connectivity index (χ3n) is 3.58. The van der Waals surface area contributed by atoms with E-state index in [9.17, 15) is 9.59 Å². The van der Waals surface area contributed by atoms with E-state index in [2.05, 4.69) is 10.6 Å². The van der Waals surface area contributed by atoms with Crippen molar-refractivity contribution in [2.75, 3.05) is 30.4 Å². The minimum absolute atomic E-state index is 0.0297. The fourth-order valence-corrected chi connectivity index (χ4v) is 2.45. The van der Waals surface area contributed by atoms with Gasteiger partial charge in [0, 0.05) is 11.6 Å². The SMILES string of the molecule is CCOc1ccc(OCC)c(NCC(=O)Nc2ccccc2C(C)=O)c1. The molecule has 0 bridgehead atoms. The number of para-hydroxylation sites is 1. The van der Waals surface area contributed by atoms with E-state index in [0.29, 0.717) is 41.7 Å². The highest BCUT2D eigenvalue weighted by molar-refractivity contribution is 6.04. The minimum Gasteiger partial charge on any atom is -0.494 e. The third kappa shape index (κ3) is 5.24. The summed E-state index contributed by atoms with van der Waals surface area (Å²) in [5.41, 5.74) is 1.65. The molecule has 2 aromatic rings. The molecule has 0 heterocycles. The number of carbonyl (C=O) groups is 2. The molecule has 0 atom stereocenters. The standard InChI is InChI=1S/C20H24N2O4/c1-4-25-15-10-11-19(26-5-2)18(12-15)21-13-20(24)22-17-9-7-6-8-16(17)14(3)23/h6-12,21H,4-5,13H2,1-3H3,(H,22,24). The minimum atomic E-state index is -0.261. The quantitative estimate of drug-likeness (QED) is 0.670. The van der Waals surface area contributed by atoms with Crippen LogP contribution in [0.15, 0.2) is 42.5 Å². The van der Waals surface area contributed by atoms with Gasteiger partial charge in [-0.2, -0.15) is 0 Å². The Kier molecular flexibility index (Phi) is 7.02. The Balaban J connectivity index is 2.07. The first-order chi connectivity index (χ1) is 12.5. The Morgan fingerprint density at radius 3 is 2.38 bits per heavy atom. The normalized spacial score (nSPS) is 10.1. The van der Waals surface area contributed by atoms with Crippen LogP contribution in [0.1, 0.15) is 31.1 Å². The lowest BCUT2D eigenvalue weighted by atomic mass is 10.1. The average molecular weight is 356 g/mol. The maximum Gasteiger partial charge on any atom is 0.243 e. The summed E-state index contributed by atoms with van der Waals surface area (Å²) in [6, 6.07) is 12.3. The lowest BCUT2D eigenvalue weighted by Gasteiger charge is -2.15. The molecular weight excluding hydrogens is 332 g/mol. The zero-order valence-corrected chi connectivity index (χ0v) is 15.3. The number of hydrogen-bond acceptors (Lipinski definition) is 5. The van der Waals surface area contributed by atoms with E-state index in [1.54, 1.807) is 36.4 Å². The number of Topliss-reactive ketones (excluding diaryl/α,β-unsaturated/α-hetero) is 1. The van der Waals surface area contributed by atoms with Crippen molar-refractivity contribution in [2.24, 2.45) is 0 Å². The summed E-state index contributed by atoms with van der Waals surface area (Å²) in [5.74, 6) is 0.980. The molecule has 6 nitrogen and oxygen atoms in total. The van der Waals surface area contributed by atoms with Gasteiger partial charge in [0.15, 0.2) is 5.78 Å². The maximum absolute atomic E-state index is 12.3. The van der Waals surface area contributed by atoms with Crippen LogP contribution in [0.25, 0.3) is 0 Å². The molecule has 0 saturated carbocycles. The first-order valence-electron chi connectivity index (χ1n) is 8.58. The molecule has 0 unspecified atom stereocenters. The Labute approximate surface area is 153 Å². The monoisotopic (exact) mass is 356 g/mol. The van der Waals surface area contributed by atoms with Gasteiger partial charge >= 0.3 is 0 Å². The molecule has 0 radical (unpaired) electrons. The average Bonchev–Trinajstić information content (AvgIpc) is 2.62. The summed E-state index contributed by atoms with van der Waals surface area (Å²) < 4.78 is 11.1. The number of nitrogens with one attached hydrogen (secondary N) is 2. The maximum atomic E-state index is 12.3. The first-order valence-corrected chi connectivity index (χ1v) is 8.58. The van der Waals surface area contributed by atoms with E-state index in [-0.39, 0.29) is 18.2 Å². The molecule has 26 heavy (non-hydrogen) atoms. The molecule has 0 spiro atoms. The molecule has 0 saturated heterocycles. The number of hydrogen-bond donors (Lipinski definition) is 2. The van der Waals surface area contributed by atoms with Crippen molar-refractivity contribution in [2.45, 2.75) is 20.8 Å². The molecular formula is C20H24N2O4. The molecule has 6 heteroatoms. The Bertz CT molecular complexity index is 774. The molecule has 0 aliphatic heterocycles. The Morgan fingerprint density at radius 1 is 0.962 bits per heavy atom. The van der Waals surface area contributed by atoms with E-state index in [0.717, 1.165) is 0 Å². The third-order valence-corrected chi connectivity index (χ3v) is 3.58. The van der Waals surface area contributed by atoms with Crippen molar-refractivity contribution >= 4 is 23.1 Å². The van der Waals surface area contributed by atoms with E-state index in [4.69, 9.17) is 9.47 Å². The Hall–Kier alpha value is -3.02. The van der Waals surface area contributed by atoms with E-state index >= 15 is 0 Å². The van der Waals surface area contributed by atoms with Crippen LogP contribution in [0.5, 0.6) is 11.5 Å². The van der Waals surface area contributed by atoms with Gasteiger partial charge in [-0.3, -0.25) is 9.59 Å². The molecule has 0 aliphatic rings. The van der Waals surface area contributed by atoms with Crippen molar-refractivity contribution in [3.05, 3.63) is 48.0 Å². The van der Waals surface area contributed by atoms with Crippen molar-refractivity contribution in [3.63, 3.8) is 0 Å². The smallest absolute Gasteiger partial charge is 0.243 e. The Morgan fingerprint density at radius 2 is 1.69 bits per heavy atom. The lowest BCUT2D eigenvalue weighted by Crippen LogP contribution is -2.23. The molecule has 138 valence electrons. The van der Waals surface area contributed by atoms with Crippen LogP contribution in [-0.4, -0.2) is 31.4 Å². The topological polar surface area (TPSA) is 76.7 Å². The lowest BCUT2D eigenvalue weighted by molar-refractivity contribution is -0.114. The van der Waals surface area contributed by atoms with Gasteiger partial charge in [0.2, 0.25) is 5.91 Å². The number of ketones is 1. The van der Waals surface area contributed by atoms with Gasteiger partial charge in [-0.25, -0.2) is 0 Å². The van der Waals surface area contributed by atoms with Crippen LogP contribution in [0.2, 0.25) is 0 Å². The second-order valence-electron chi connectivity index (χ2n) is 5.53. The summed E-state index contributed by atoms with van der Waals surface area (Å²) in [4.78, 5) is 23.9. The van der Waals surface area contributed by atoms with Gasteiger partial charge in [0.25, 0.3) is 0 Å².